The highest BCUT2D eigenvalue weighted by Gasteiger charge is 2.71. The van der Waals surface area contributed by atoms with Crippen molar-refractivity contribution < 1.29 is 39.9 Å². The number of aliphatic hydroxyl groups is 5. The van der Waals surface area contributed by atoms with Gasteiger partial charge in [-0.3, -0.25) is 9.59 Å². The molecule has 5 N–H and O–H groups in total. The Morgan fingerprint density at radius 2 is 1.82 bits per heavy atom. The maximum Gasteiger partial charge on any atom is 0.314 e. The summed E-state index contributed by atoms with van der Waals surface area (Å²) in [5.41, 5.74) is -5.51. The molecule has 28 heavy (non-hydrogen) atoms. The van der Waals surface area contributed by atoms with Gasteiger partial charge in [-0.1, -0.05) is 0 Å². The largest absolute Gasteiger partial charge is 0.459 e. The van der Waals surface area contributed by atoms with E-state index in [0.717, 1.165) is 0 Å². The number of carbonyl (C=O) groups is 2. The van der Waals surface area contributed by atoms with E-state index >= 15 is 0 Å². The minimum Gasteiger partial charge on any atom is -0.459 e. The third kappa shape index (κ3) is 2.69. The number of ketones is 1. The highest BCUT2D eigenvalue weighted by atomic mass is 16.6. The fraction of sp³-hybridized carbons (Fsp3) is 0.900. The van der Waals surface area contributed by atoms with E-state index in [1.807, 2.05) is 0 Å². The van der Waals surface area contributed by atoms with Crippen LogP contribution in [0, 0.1) is 22.7 Å². The molecule has 0 aromatic carbocycles. The summed E-state index contributed by atoms with van der Waals surface area (Å²) in [5.74, 6) is -2.43. The summed E-state index contributed by atoms with van der Waals surface area (Å²) >= 11 is 0. The van der Waals surface area contributed by atoms with Crippen molar-refractivity contribution in [3.63, 3.8) is 0 Å². The first-order valence-corrected chi connectivity index (χ1v) is 9.88. The van der Waals surface area contributed by atoms with E-state index in [4.69, 9.17) is 4.74 Å². The highest BCUT2D eigenvalue weighted by molar-refractivity contribution is 5.81. The Hall–Kier alpha value is -1.06. The van der Waals surface area contributed by atoms with Crippen molar-refractivity contribution in [2.75, 3.05) is 6.61 Å². The lowest BCUT2D eigenvalue weighted by atomic mass is 9.59. The van der Waals surface area contributed by atoms with E-state index in [1.54, 1.807) is 13.8 Å². The van der Waals surface area contributed by atoms with E-state index in [0.29, 0.717) is 0 Å². The van der Waals surface area contributed by atoms with Crippen LogP contribution in [-0.4, -0.2) is 73.4 Å². The number of ether oxygens (including phenoxy) is 1. The Labute approximate surface area is 164 Å². The Balaban J connectivity index is 2.05. The third-order valence-electron chi connectivity index (χ3n) is 7.84. The molecule has 2 bridgehead atoms. The summed E-state index contributed by atoms with van der Waals surface area (Å²) in [5, 5.41) is 53.2. The van der Waals surface area contributed by atoms with E-state index in [2.05, 4.69) is 0 Å². The Bertz CT molecular complexity index is 673. The minimum atomic E-state index is -1.69. The van der Waals surface area contributed by atoms with Gasteiger partial charge >= 0.3 is 5.97 Å². The number of hydrogen-bond donors (Lipinski definition) is 5. The van der Waals surface area contributed by atoms with Crippen LogP contribution in [0.25, 0.3) is 0 Å². The van der Waals surface area contributed by atoms with Crippen molar-refractivity contribution in [2.45, 2.75) is 82.9 Å². The van der Waals surface area contributed by atoms with Crippen LogP contribution in [0.4, 0.5) is 0 Å². The van der Waals surface area contributed by atoms with Crippen LogP contribution >= 0.6 is 0 Å². The molecular formula is C20H32O8. The second kappa shape index (κ2) is 6.47. The van der Waals surface area contributed by atoms with E-state index < -0.39 is 58.1 Å². The first-order chi connectivity index (χ1) is 12.7. The maximum atomic E-state index is 12.4. The van der Waals surface area contributed by atoms with Gasteiger partial charge in [0, 0.05) is 30.3 Å². The van der Waals surface area contributed by atoms with Crippen LogP contribution in [0.1, 0.15) is 53.4 Å². The van der Waals surface area contributed by atoms with Crippen LogP contribution in [0.5, 0.6) is 0 Å². The van der Waals surface area contributed by atoms with Gasteiger partial charge in [0.2, 0.25) is 0 Å². The number of carbonyl (C=O) groups excluding carboxylic acids is 2. The number of esters is 1. The number of fused-ring (bicyclic) bond motifs is 2. The quantitative estimate of drug-likeness (QED) is 0.390. The molecule has 1 heterocycles. The van der Waals surface area contributed by atoms with Gasteiger partial charge < -0.3 is 30.3 Å². The molecule has 8 nitrogen and oxygen atoms in total. The molecule has 8 atom stereocenters. The maximum absolute atomic E-state index is 12.4. The van der Waals surface area contributed by atoms with Gasteiger partial charge in [0.15, 0.2) is 0 Å². The lowest BCUT2D eigenvalue weighted by Crippen LogP contribution is -2.57. The first kappa shape index (κ1) is 21.6. The molecule has 0 spiro atoms. The lowest BCUT2D eigenvalue weighted by Gasteiger charge is -2.48. The molecule has 3 fully saturated rings. The smallest absolute Gasteiger partial charge is 0.314 e. The molecule has 0 radical (unpaired) electrons. The van der Waals surface area contributed by atoms with Crippen LogP contribution in [0.2, 0.25) is 0 Å². The average molecular weight is 400 g/mol. The molecule has 0 amide bonds. The van der Waals surface area contributed by atoms with Crippen molar-refractivity contribution in [3.8, 4) is 0 Å². The first-order valence-electron chi connectivity index (χ1n) is 9.88. The van der Waals surface area contributed by atoms with Crippen molar-refractivity contribution in [1.82, 2.24) is 0 Å². The molecule has 1 saturated heterocycles. The van der Waals surface area contributed by atoms with Crippen molar-refractivity contribution >= 4 is 11.8 Å². The molecule has 3 aliphatic rings. The standard InChI is InChI=1S/C20H32O8/c1-10(22)11-7-12(23)14-15(24)19(11,9-18(14,4)26)8-13-20(27,5-6-21)17(2,3)16(25)28-13/h11-15,21,23-24,26-27H,5-9H2,1-4H3. The van der Waals surface area contributed by atoms with Crippen LogP contribution < -0.4 is 0 Å². The zero-order chi connectivity index (χ0) is 21.3. The zero-order valence-corrected chi connectivity index (χ0v) is 16.9. The van der Waals surface area contributed by atoms with Gasteiger partial charge in [0.1, 0.15) is 17.5 Å². The molecule has 1 aliphatic heterocycles. The summed E-state index contributed by atoms with van der Waals surface area (Å²) in [7, 11) is 0. The van der Waals surface area contributed by atoms with Gasteiger partial charge in [-0.15, -0.1) is 0 Å². The SMILES string of the molecule is CC(=O)C1CC(O)C2C(O)C1(CC1OC(=O)C(C)(C)C1(O)CCO)CC2(C)O. The fourth-order valence-corrected chi connectivity index (χ4v) is 6.22. The number of cyclic esters (lactones) is 1. The summed E-state index contributed by atoms with van der Waals surface area (Å²) < 4.78 is 5.50. The van der Waals surface area contributed by atoms with Crippen molar-refractivity contribution in [2.24, 2.45) is 22.7 Å². The summed E-state index contributed by atoms with van der Waals surface area (Å²) in [6.45, 7) is 5.62. The summed E-state index contributed by atoms with van der Waals surface area (Å²) in [4.78, 5) is 24.9. The molecular weight excluding hydrogens is 368 g/mol. The topological polar surface area (TPSA) is 145 Å². The monoisotopic (exact) mass is 400 g/mol. The number of hydrogen-bond acceptors (Lipinski definition) is 8. The minimum absolute atomic E-state index is 0.0382. The number of Topliss-reactive ketones (excluding diaryl/α,β-unsaturated/α-hetero) is 1. The van der Waals surface area contributed by atoms with Crippen molar-refractivity contribution in [3.05, 3.63) is 0 Å². The molecule has 2 saturated carbocycles. The second-order valence-electron chi connectivity index (χ2n) is 9.82. The molecule has 160 valence electrons. The highest BCUT2D eigenvalue weighted by Crippen LogP contribution is 2.63. The lowest BCUT2D eigenvalue weighted by molar-refractivity contribution is -0.163. The van der Waals surface area contributed by atoms with Crippen LogP contribution in [-0.2, 0) is 14.3 Å². The van der Waals surface area contributed by atoms with E-state index in [-0.39, 0.29) is 38.1 Å². The van der Waals surface area contributed by atoms with Crippen molar-refractivity contribution in [1.29, 1.82) is 0 Å². The van der Waals surface area contributed by atoms with Gasteiger partial charge in [-0.25, -0.2) is 0 Å². The normalized spacial score (nSPS) is 49.9. The Morgan fingerprint density at radius 1 is 1.21 bits per heavy atom. The van der Waals surface area contributed by atoms with Gasteiger partial charge in [-0.2, -0.15) is 0 Å². The van der Waals surface area contributed by atoms with Crippen LogP contribution in [0.3, 0.4) is 0 Å². The van der Waals surface area contributed by atoms with Gasteiger partial charge in [-0.05, 0) is 47.0 Å². The molecule has 0 aromatic rings. The summed E-state index contributed by atoms with van der Waals surface area (Å²) in [6, 6.07) is 0. The molecule has 2 aliphatic carbocycles. The second-order valence-corrected chi connectivity index (χ2v) is 9.82. The van der Waals surface area contributed by atoms with Crippen LogP contribution in [0.15, 0.2) is 0 Å². The van der Waals surface area contributed by atoms with Gasteiger partial charge in [0.25, 0.3) is 0 Å². The van der Waals surface area contributed by atoms with E-state index in [9.17, 15) is 35.1 Å². The molecule has 8 heteroatoms. The summed E-state index contributed by atoms with van der Waals surface area (Å²) in [6.07, 6.45) is -3.29. The zero-order valence-electron chi connectivity index (χ0n) is 16.9. The molecule has 3 rings (SSSR count). The van der Waals surface area contributed by atoms with Gasteiger partial charge in [0.05, 0.1) is 23.2 Å². The Morgan fingerprint density at radius 3 is 2.36 bits per heavy atom. The number of rotatable bonds is 5. The molecule has 0 aromatic heterocycles. The number of aliphatic hydroxyl groups excluding tert-OH is 3. The predicted octanol–water partition coefficient (Wildman–Crippen LogP) is -0.470. The Kier molecular flexibility index (Phi) is 5.00. The fourth-order valence-electron chi connectivity index (χ4n) is 6.22. The predicted molar refractivity (Wildman–Crippen MR) is 96.9 cm³/mol. The molecule has 8 unspecified atom stereocenters. The van der Waals surface area contributed by atoms with E-state index in [1.165, 1.54) is 13.8 Å². The average Bonchev–Trinajstić information content (AvgIpc) is 2.80. The third-order valence-corrected chi connectivity index (χ3v) is 7.84.